The van der Waals surface area contributed by atoms with Crippen molar-refractivity contribution >= 4 is 61.3 Å². The van der Waals surface area contributed by atoms with Gasteiger partial charge in [0.25, 0.3) is 15.9 Å². The first kappa shape index (κ1) is 43.9. The molecular formula is C46H51Cl2FN6O6S. The van der Waals surface area contributed by atoms with Crippen molar-refractivity contribution in [2.75, 3.05) is 44.2 Å². The fourth-order valence-electron chi connectivity index (χ4n) is 8.50. The number of benzene rings is 3. The highest BCUT2D eigenvalue weighted by atomic mass is 35.5. The lowest BCUT2D eigenvalue weighted by atomic mass is 9.72. The van der Waals surface area contributed by atoms with Gasteiger partial charge in [0.05, 0.1) is 34.5 Å². The topological polar surface area (TPSA) is 150 Å². The number of H-pyrrole nitrogens is 1. The molecule has 0 unspecified atom stereocenters. The van der Waals surface area contributed by atoms with Gasteiger partial charge in [-0.1, -0.05) is 60.8 Å². The molecule has 1 aliphatic heterocycles. The van der Waals surface area contributed by atoms with E-state index in [-0.39, 0.29) is 64.8 Å². The van der Waals surface area contributed by atoms with Crippen molar-refractivity contribution in [2.24, 2.45) is 5.41 Å². The number of nitrogens with one attached hydrogen (secondary N) is 2. The fraction of sp³-hybridized carbons (Fsp3) is 0.413. The summed E-state index contributed by atoms with van der Waals surface area (Å²) in [5, 5.41) is 18.5. The molecule has 3 N–H and O–H groups in total. The van der Waals surface area contributed by atoms with Crippen LogP contribution in [0.25, 0.3) is 16.5 Å². The Morgan fingerprint density at radius 1 is 0.935 bits per heavy atom. The maximum atomic E-state index is 15.4. The van der Waals surface area contributed by atoms with Crippen molar-refractivity contribution < 1.29 is 32.2 Å². The van der Waals surface area contributed by atoms with Crippen LogP contribution in [-0.2, 0) is 10.0 Å². The van der Waals surface area contributed by atoms with Crippen LogP contribution >= 0.6 is 23.2 Å². The Morgan fingerprint density at radius 3 is 2.40 bits per heavy atom. The average molecular weight is 906 g/mol. The number of rotatable bonds is 12. The first-order chi connectivity index (χ1) is 29.4. The number of piperazine rings is 1. The van der Waals surface area contributed by atoms with Crippen LogP contribution in [0.2, 0.25) is 10.0 Å². The summed E-state index contributed by atoms with van der Waals surface area (Å²) in [6.45, 7) is 9.97. The molecule has 3 aromatic carbocycles. The quantitative estimate of drug-likeness (QED) is 0.111. The third kappa shape index (κ3) is 10.0. The molecule has 0 atom stereocenters. The molecule has 3 heterocycles. The number of nitrogens with zero attached hydrogens (tertiary/aromatic N) is 4. The summed E-state index contributed by atoms with van der Waals surface area (Å²) in [6.07, 6.45) is 6.57. The van der Waals surface area contributed by atoms with E-state index in [2.05, 4.69) is 55.7 Å². The van der Waals surface area contributed by atoms with Crippen molar-refractivity contribution in [1.82, 2.24) is 24.8 Å². The molecule has 12 nitrogen and oxygen atoms in total. The smallest absolute Gasteiger partial charge is 0.268 e. The predicted molar refractivity (Wildman–Crippen MR) is 240 cm³/mol. The monoisotopic (exact) mass is 904 g/mol. The molecule has 0 bridgehead atoms. The van der Waals surface area contributed by atoms with Crippen LogP contribution in [0.15, 0.2) is 89.6 Å². The molecule has 5 aromatic rings. The van der Waals surface area contributed by atoms with Crippen molar-refractivity contribution in [3.63, 3.8) is 0 Å². The summed E-state index contributed by atoms with van der Waals surface area (Å²) in [4.78, 5) is 22.3. The lowest BCUT2D eigenvalue weighted by molar-refractivity contribution is -0.0483. The van der Waals surface area contributed by atoms with Gasteiger partial charge >= 0.3 is 0 Å². The Hall–Kier alpha value is -4.73. The zero-order chi connectivity index (χ0) is 43.9. The lowest BCUT2D eigenvalue weighted by Gasteiger charge is -2.39. The van der Waals surface area contributed by atoms with E-state index in [0.29, 0.717) is 11.1 Å². The minimum atomic E-state index is -4.50. The summed E-state index contributed by atoms with van der Waals surface area (Å²) in [5.41, 5.74) is 3.25. The van der Waals surface area contributed by atoms with Gasteiger partial charge in [0, 0.05) is 49.5 Å². The first-order valence-corrected chi connectivity index (χ1v) is 23.1. The van der Waals surface area contributed by atoms with Gasteiger partial charge in [-0.05, 0) is 111 Å². The number of carbonyl (C=O) groups excluding carboxylic acids is 1. The molecule has 16 heteroatoms. The average Bonchev–Trinajstić information content (AvgIpc) is 3.73. The summed E-state index contributed by atoms with van der Waals surface area (Å²) in [7, 11) is -4.50. The van der Waals surface area contributed by atoms with Crippen LogP contribution in [0.1, 0.15) is 81.6 Å². The van der Waals surface area contributed by atoms with Crippen LogP contribution in [0.3, 0.4) is 0 Å². The second-order valence-corrected chi connectivity index (χ2v) is 20.4. The number of aromatic amines is 1. The number of carbonyl (C=O) groups is 1. The SMILES string of the molecule is CC1(C)CCC(CN2CCN(c3ccc(C(=O)NS(=O)(=O)c4cnc(OC[C@]5(F)CC[C@](C)(O)CC5)c(Cl)c4)c(Oc4cccc5[nH]ncc45)c3)CC2)=C(c2ccc(Cl)cc2)C1. The van der Waals surface area contributed by atoms with Crippen molar-refractivity contribution in [2.45, 2.75) is 81.9 Å². The van der Waals surface area contributed by atoms with Crippen LogP contribution in [0.5, 0.6) is 17.4 Å². The number of ether oxygens (including phenoxy) is 2. The van der Waals surface area contributed by atoms with Gasteiger partial charge in [-0.3, -0.25) is 14.8 Å². The number of pyridine rings is 1. The number of anilines is 1. The Labute approximate surface area is 371 Å². The van der Waals surface area contributed by atoms with Crippen LogP contribution < -0.4 is 19.1 Å². The third-order valence-corrected chi connectivity index (χ3v) is 14.2. The Balaban J connectivity index is 0.984. The highest BCUT2D eigenvalue weighted by Crippen LogP contribution is 2.44. The Bertz CT molecular complexity index is 2600. The number of halogens is 3. The Morgan fingerprint density at radius 2 is 1.68 bits per heavy atom. The number of fused-ring (bicyclic) bond motifs is 1. The van der Waals surface area contributed by atoms with Crippen molar-refractivity contribution in [1.29, 1.82) is 0 Å². The highest BCUT2D eigenvalue weighted by molar-refractivity contribution is 7.90. The molecule has 62 heavy (non-hydrogen) atoms. The lowest BCUT2D eigenvalue weighted by Crippen LogP contribution is -2.47. The maximum Gasteiger partial charge on any atom is 0.268 e. The van der Waals surface area contributed by atoms with E-state index >= 15 is 4.39 Å². The van der Waals surface area contributed by atoms with Crippen molar-refractivity contribution in [3.05, 3.63) is 106 Å². The molecule has 2 aliphatic carbocycles. The van der Waals surface area contributed by atoms with Crippen LogP contribution in [0, 0.1) is 5.41 Å². The number of amides is 1. The Kier molecular flexibility index (Phi) is 12.4. The molecule has 1 saturated heterocycles. The molecular weight excluding hydrogens is 855 g/mol. The van der Waals surface area contributed by atoms with E-state index in [1.54, 1.807) is 43.5 Å². The molecule has 2 aromatic heterocycles. The van der Waals surface area contributed by atoms with E-state index in [1.807, 2.05) is 18.2 Å². The van der Waals surface area contributed by atoms with E-state index in [4.69, 9.17) is 32.7 Å². The maximum absolute atomic E-state index is 15.4. The van der Waals surface area contributed by atoms with Crippen LogP contribution in [0.4, 0.5) is 10.1 Å². The third-order valence-electron chi connectivity index (χ3n) is 12.4. The van der Waals surface area contributed by atoms with Gasteiger partial charge in [-0.2, -0.15) is 5.10 Å². The molecule has 0 spiro atoms. The van der Waals surface area contributed by atoms with Gasteiger partial charge in [-0.25, -0.2) is 22.5 Å². The molecule has 1 saturated carbocycles. The van der Waals surface area contributed by atoms with Gasteiger partial charge < -0.3 is 19.5 Å². The summed E-state index contributed by atoms with van der Waals surface area (Å²) in [6, 6.07) is 19.8. The van der Waals surface area contributed by atoms with Gasteiger partial charge in [-0.15, -0.1) is 0 Å². The molecule has 328 valence electrons. The zero-order valence-electron chi connectivity index (χ0n) is 35.0. The number of hydrogen-bond donors (Lipinski definition) is 3. The molecule has 2 fully saturated rings. The largest absolute Gasteiger partial charge is 0.473 e. The van der Waals surface area contributed by atoms with Crippen molar-refractivity contribution in [3.8, 4) is 17.4 Å². The number of hydrogen-bond acceptors (Lipinski definition) is 10. The number of aromatic nitrogens is 3. The fourth-order valence-corrected chi connectivity index (χ4v) is 9.85. The minimum Gasteiger partial charge on any atom is -0.473 e. The van der Waals surface area contributed by atoms with E-state index in [0.717, 1.165) is 80.5 Å². The van der Waals surface area contributed by atoms with Gasteiger partial charge in [0.2, 0.25) is 5.88 Å². The van der Waals surface area contributed by atoms with E-state index < -0.39 is 27.2 Å². The number of allylic oxidation sites excluding steroid dienone is 1. The van der Waals surface area contributed by atoms with Crippen LogP contribution in [-0.4, -0.2) is 90.1 Å². The summed E-state index contributed by atoms with van der Waals surface area (Å²) < 4.78 is 56.7. The minimum absolute atomic E-state index is 0.0166. The number of alkyl halides is 1. The predicted octanol–water partition coefficient (Wildman–Crippen LogP) is 9.37. The summed E-state index contributed by atoms with van der Waals surface area (Å²) >= 11 is 12.6. The van der Waals surface area contributed by atoms with E-state index in [1.165, 1.54) is 16.7 Å². The highest BCUT2D eigenvalue weighted by Gasteiger charge is 2.41. The van der Waals surface area contributed by atoms with E-state index in [9.17, 15) is 18.3 Å². The molecule has 3 aliphatic rings. The van der Waals surface area contributed by atoms with Gasteiger partial charge in [0.1, 0.15) is 33.7 Å². The zero-order valence-corrected chi connectivity index (χ0v) is 37.3. The van der Waals surface area contributed by atoms with Gasteiger partial charge in [0.15, 0.2) is 0 Å². The number of sulfonamides is 1. The normalized spacial score (nSPS) is 22.1. The second-order valence-electron chi connectivity index (χ2n) is 17.9. The molecule has 0 radical (unpaired) electrons. The first-order valence-electron chi connectivity index (χ1n) is 20.9. The molecule has 1 amide bonds. The molecule has 8 rings (SSSR count). The summed E-state index contributed by atoms with van der Waals surface area (Å²) in [5.74, 6) is -0.501. The number of aliphatic hydroxyl groups is 1. The second kappa shape index (κ2) is 17.4. The standard InChI is InChI=1S/C46H51Cl2FN6O6S/c1-44(2)14-13-31(36(25-44)30-7-9-32(47)10-8-30)28-54-19-21-55(22-20-54)33-11-12-35(41(23-33)61-40-6-4-5-39-37(40)27-51-52-39)42(56)53-62(58,59)34-24-38(48)43(50-26-34)60-29-46(49)17-15-45(3,57)16-18-46/h4-12,23-24,26-27,57H,13-22,25,28-29H2,1-3H3,(H,51,52)(H,53,56)/t45-,46-.